The van der Waals surface area contributed by atoms with E-state index in [1.807, 2.05) is 0 Å². The molecule has 0 aliphatic heterocycles. The molecule has 0 saturated heterocycles. The number of benzene rings is 1. The Morgan fingerprint density at radius 3 is 2.95 bits per heavy atom. The van der Waals surface area contributed by atoms with Crippen LogP contribution < -0.4 is 0 Å². The molecule has 1 aromatic carbocycles. The van der Waals surface area contributed by atoms with Crippen LogP contribution in [0.4, 0.5) is 5.69 Å². The number of thiazole rings is 1. The van der Waals surface area contributed by atoms with E-state index in [1.54, 1.807) is 24.4 Å². The number of aliphatic carboxylic acids is 1. The molecule has 0 saturated carbocycles. The van der Waals surface area contributed by atoms with Crippen LogP contribution in [0.15, 0.2) is 32.8 Å². The van der Waals surface area contributed by atoms with Crippen molar-refractivity contribution >= 4 is 34.8 Å². The summed E-state index contributed by atoms with van der Waals surface area (Å²) in [5.41, 5.74) is 1.28. The lowest BCUT2D eigenvalue weighted by Crippen LogP contribution is -1.99. The zero-order chi connectivity index (χ0) is 14.7. The maximum Gasteiger partial charge on any atom is 0.309 e. The van der Waals surface area contributed by atoms with Crippen molar-refractivity contribution in [3.05, 3.63) is 45.0 Å². The van der Waals surface area contributed by atoms with Crippen LogP contribution >= 0.6 is 23.1 Å². The van der Waals surface area contributed by atoms with E-state index in [4.69, 9.17) is 5.11 Å². The molecule has 6 nitrogen and oxygen atoms in total. The van der Waals surface area contributed by atoms with Gasteiger partial charge in [0, 0.05) is 11.4 Å². The maximum absolute atomic E-state index is 11.0. The first-order valence-corrected chi connectivity index (χ1v) is 7.25. The van der Waals surface area contributed by atoms with Crippen molar-refractivity contribution in [2.45, 2.75) is 22.6 Å². The normalized spacial score (nSPS) is 10.4. The molecule has 0 radical (unpaired) electrons. The Bertz CT molecular complexity index is 669. The molecular weight excluding hydrogens is 300 g/mol. The minimum absolute atomic E-state index is 0.0324. The van der Waals surface area contributed by atoms with Crippen LogP contribution in [0, 0.1) is 17.0 Å². The van der Waals surface area contributed by atoms with E-state index in [0.29, 0.717) is 14.9 Å². The summed E-state index contributed by atoms with van der Waals surface area (Å²) in [6, 6.07) is 4.87. The predicted molar refractivity (Wildman–Crippen MR) is 75.4 cm³/mol. The van der Waals surface area contributed by atoms with Crippen molar-refractivity contribution in [3.63, 3.8) is 0 Å². The molecule has 1 heterocycles. The highest BCUT2D eigenvalue weighted by atomic mass is 32.2. The number of carboxylic acid groups (broad SMARTS) is 1. The Morgan fingerprint density at radius 2 is 2.30 bits per heavy atom. The fourth-order valence-corrected chi connectivity index (χ4v) is 3.52. The van der Waals surface area contributed by atoms with Gasteiger partial charge in [-0.2, -0.15) is 0 Å². The Kier molecular flexibility index (Phi) is 4.35. The van der Waals surface area contributed by atoms with Crippen molar-refractivity contribution in [1.82, 2.24) is 4.98 Å². The first-order valence-electron chi connectivity index (χ1n) is 5.55. The fraction of sp³-hybridized carbons (Fsp3) is 0.167. The lowest BCUT2D eigenvalue weighted by atomic mass is 10.2. The van der Waals surface area contributed by atoms with Crippen LogP contribution in [-0.4, -0.2) is 21.0 Å². The van der Waals surface area contributed by atoms with Crippen molar-refractivity contribution in [3.8, 4) is 0 Å². The first kappa shape index (κ1) is 14.5. The number of aromatic nitrogens is 1. The smallest absolute Gasteiger partial charge is 0.309 e. The molecular formula is C12H10N2O4S2. The fourth-order valence-electron chi connectivity index (χ4n) is 1.57. The molecule has 0 fully saturated rings. The number of nitrogens with zero attached hydrogens (tertiary/aromatic N) is 2. The number of aryl methyl sites for hydroxylation is 1. The number of hydrogen-bond donors (Lipinski definition) is 1. The minimum atomic E-state index is -0.950. The SMILES string of the molecule is Cc1cccc([N+](=O)[O-])c1Sc1nc(CC(=O)O)cs1. The van der Waals surface area contributed by atoms with Gasteiger partial charge in [0.1, 0.15) is 0 Å². The molecule has 2 rings (SSSR count). The summed E-state index contributed by atoms with van der Waals surface area (Å²) < 4.78 is 0.596. The summed E-state index contributed by atoms with van der Waals surface area (Å²) in [5.74, 6) is -0.950. The Labute approximate surface area is 122 Å². The molecule has 0 spiro atoms. The van der Waals surface area contributed by atoms with Crippen molar-refractivity contribution in [2.75, 3.05) is 0 Å². The lowest BCUT2D eigenvalue weighted by Gasteiger charge is -2.03. The predicted octanol–water partition coefficient (Wildman–Crippen LogP) is 3.14. The number of rotatable bonds is 5. The quantitative estimate of drug-likeness (QED) is 0.673. The highest BCUT2D eigenvalue weighted by Gasteiger charge is 2.18. The number of nitro benzene ring substituents is 1. The van der Waals surface area contributed by atoms with E-state index in [0.717, 1.165) is 5.56 Å². The molecule has 0 aliphatic rings. The second kappa shape index (κ2) is 6.02. The highest BCUT2D eigenvalue weighted by molar-refractivity contribution is 8.01. The zero-order valence-electron chi connectivity index (χ0n) is 10.4. The third kappa shape index (κ3) is 3.34. The monoisotopic (exact) mass is 310 g/mol. The van der Waals surface area contributed by atoms with Crippen molar-refractivity contribution < 1.29 is 14.8 Å². The first-order chi connectivity index (χ1) is 9.47. The van der Waals surface area contributed by atoms with E-state index < -0.39 is 10.9 Å². The van der Waals surface area contributed by atoms with Gasteiger partial charge < -0.3 is 5.11 Å². The molecule has 0 bridgehead atoms. The van der Waals surface area contributed by atoms with Crippen LogP contribution in [0.5, 0.6) is 0 Å². The summed E-state index contributed by atoms with van der Waals surface area (Å²) in [6.45, 7) is 1.79. The number of nitro groups is 1. The molecule has 2 aromatic rings. The third-order valence-electron chi connectivity index (χ3n) is 2.44. The minimum Gasteiger partial charge on any atom is -0.481 e. The lowest BCUT2D eigenvalue weighted by molar-refractivity contribution is -0.387. The summed E-state index contributed by atoms with van der Waals surface area (Å²) in [4.78, 5) is 25.9. The average Bonchev–Trinajstić information content (AvgIpc) is 2.78. The van der Waals surface area contributed by atoms with Crippen molar-refractivity contribution in [1.29, 1.82) is 0 Å². The number of hydrogen-bond acceptors (Lipinski definition) is 6. The summed E-state index contributed by atoms with van der Waals surface area (Å²) in [7, 11) is 0. The second-order valence-electron chi connectivity index (χ2n) is 3.96. The van der Waals surface area contributed by atoms with Gasteiger partial charge >= 0.3 is 5.97 Å². The topological polar surface area (TPSA) is 93.3 Å². The standard InChI is InChI=1S/C12H10N2O4S2/c1-7-3-2-4-9(14(17)18)11(7)20-12-13-8(6-19-12)5-10(15)16/h2-4,6H,5H2,1H3,(H,15,16). The van der Waals surface area contributed by atoms with Gasteiger partial charge in [0.2, 0.25) is 0 Å². The largest absolute Gasteiger partial charge is 0.481 e. The number of carboxylic acids is 1. The molecule has 0 amide bonds. The molecule has 1 N–H and O–H groups in total. The Morgan fingerprint density at radius 1 is 1.55 bits per heavy atom. The summed E-state index contributed by atoms with van der Waals surface area (Å²) in [5, 5.41) is 21.4. The van der Waals surface area contributed by atoms with E-state index in [-0.39, 0.29) is 12.1 Å². The zero-order valence-corrected chi connectivity index (χ0v) is 12.0. The van der Waals surface area contributed by atoms with Crippen LogP contribution in [0.25, 0.3) is 0 Å². The third-order valence-corrected chi connectivity index (χ3v) is 4.66. The summed E-state index contributed by atoms with van der Waals surface area (Å²) >= 11 is 2.47. The highest BCUT2D eigenvalue weighted by Crippen LogP contribution is 2.38. The van der Waals surface area contributed by atoms with E-state index >= 15 is 0 Å². The molecule has 0 atom stereocenters. The van der Waals surface area contributed by atoms with Gasteiger partial charge in [0.15, 0.2) is 4.34 Å². The molecule has 20 heavy (non-hydrogen) atoms. The summed E-state index contributed by atoms with van der Waals surface area (Å²) in [6.07, 6.45) is -0.146. The van der Waals surface area contributed by atoms with E-state index in [1.165, 1.54) is 29.2 Å². The number of carbonyl (C=O) groups is 1. The second-order valence-corrected chi connectivity index (χ2v) is 6.07. The Hall–Kier alpha value is -1.93. The molecule has 1 aromatic heterocycles. The van der Waals surface area contributed by atoms with Gasteiger partial charge in [-0.05, 0) is 12.5 Å². The average molecular weight is 310 g/mol. The Balaban J connectivity index is 2.28. The van der Waals surface area contributed by atoms with Crippen molar-refractivity contribution in [2.24, 2.45) is 0 Å². The van der Waals surface area contributed by atoms with Crippen LogP contribution in [0.1, 0.15) is 11.3 Å². The van der Waals surface area contributed by atoms with Crippen LogP contribution in [0.3, 0.4) is 0 Å². The van der Waals surface area contributed by atoms with Gasteiger partial charge in [-0.25, -0.2) is 4.98 Å². The molecule has 8 heteroatoms. The van der Waals surface area contributed by atoms with Gasteiger partial charge in [0.05, 0.1) is 21.9 Å². The van der Waals surface area contributed by atoms with Gasteiger partial charge in [-0.3, -0.25) is 14.9 Å². The van der Waals surface area contributed by atoms with Gasteiger partial charge in [-0.15, -0.1) is 11.3 Å². The van der Waals surface area contributed by atoms with Crippen LogP contribution in [-0.2, 0) is 11.2 Å². The molecule has 0 unspecified atom stereocenters. The van der Waals surface area contributed by atoms with Crippen LogP contribution in [0.2, 0.25) is 0 Å². The maximum atomic E-state index is 11.0. The van der Waals surface area contributed by atoms with E-state index in [2.05, 4.69) is 4.98 Å². The molecule has 0 aliphatic carbocycles. The van der Waals surface area contributed by atoms with E-state index in [9.17, 15) is 14.9 Å². The van der Waals surface area contributed by atoms with Gasteiger partial charge in [0.25, 0.3) is 5.69 Å². The van der Waals surface area contributed by atoms with Gasteiger partial charge in [-0.1, -0.05) is 23.9 Å². The molecule has 104 valence electrons.